The van der Waals surface area contributed by atoms with E-state index in [1.165, 1.54) is 17.0 Å². The summed E-state index contributed by atoms with van der Waals surface area (Å²) >= 11 is 0. The van der Waals surface area contributed by atoms with Gasteiger partial charge in [0.2, 0.25) is 5.91 Å². The van der Waals surface area contributed by atoms with E-state index in [0.717, 1.165) is 6.07 Å². The summed E-state index contributed by atoms with van der Waals surface area (Å²) in [6, 6.07) is 6.06. The Morgan fingerprint density at radius 3 is 2.76 bits per heavy atom. The van der Waals surface area contributed by atoms with Gasteiger partial charge in [-0.3, -0.25) is 4.79 Å². The molecule has 0 atom stereocenters. The van der Waals surface area contributed by atoms with E-state index in [4.69, 9.17) is 11.0 Å². The second kappa shape index (κ2) is 5.97. The van der Waals surface area contributed by atoms with E-state index in [1.807, 2.05) is 6.07 Å². The van der Waals surface area contributed by atoms with Crippen LogP contribution in [0.4, 0.5) is 4.39 Å². The predicted octanol–water partition coefficient (Wildman–Crippen LogP) is 1.00. The average molecular weight is 235 g/mol. The van der Waals surface area contributed by atoms with Gasteiger partial charge in [0.15, 0.2) is 0 Å². The number of nitriles is 1. The van der Waals surface area contributed by atoms with Crippen molar-refractivity contribution in [2.45, 2.75) is 13.5 Å². The minimum absolute atomic E-state index is 0.0915. The van der Waals surface area contributed by atoms with Crippen molar-refractivity contribution in [2.75, 3.05) is 13.1 Å². The van der Waals surface area contributed by atoms with Crippen LogP contribution in [-0.2, 0) is 11.3 Å². The molecule has 0 unspecified atom stereocenters. The minimum Gasteiger partial charge on any atom is -0.337 e. The molecule has 0 bridgehead atoms. The van der Waals surface area contributed by atoms with Gasteiger partial charge >= 0.3 is 0 Å². The maximum absolute atomic E-state index is 13.6. The van der Waals surface area contributed by atoms with Crippen LogP contribution < -0.4 is 5.73 Å². The molecule has 0 aliphatic rings. The van der Waals surface area contributed by atoms with Crippen LogP contribution in [0.1, 0.15) is 18.1 Å². The van der Waals surface area contributed by atoms with Gasteiger partial charge in [0, 0.05) is 18.7 Å². The fraction of sp³-hybridized carbons (Fsp3) is 0.333. The van der Waals surface area contributed by atoms with Crippen LogP contribution in [0.2, 0.25) is 0 Å². The average Bonchev–Trinajstić information content (AvgIpc) is 2.36. The van der Waals surface area contributed by atoms with Gasteiger partial charge in [-0.2, -0.15) is 5.26 Å². The molecule has 90 valence electrons. The molecule has 1 rings (SSSR count). The van der Waals surface area contributed by atoms with Crippen LogP contribution >= 0.6 is 0 Å². The molecular formula is C12H14FN3O. The Bertz CT molecular complexity index is 454. The van der Waals surface area contributed by atoms with Crippen molar-refractivity contribution in [3.8, 4) is 6.07 Å². The first-order valence-corrected chi connectivity index (χ1v) is 5.28. The Morgan fingerprint density at radius 1 is 1.59 bits per heavy atom. The molecule has 0 aromatic heterocycles. The number of benzene rings is 1. The molecule has 1 amide bonds. The fourth-order valence-electron chi connectivity index (χ4n) is 1.46. The molecule has 1 aromatic rings. The quantitative estimate of drug-likeness (QED) is 0.846. The molecule has 1 aromatic carbocycles. The number of halogens is 1. The second-order valence-corrected chi connectivity index (χ2v) is 3.53. The number of likely N-dealkylation sites (N-methyl/N-ethyl adjacent to an activating group) is 1. The first-order chi connectivity index (χ1) is 8.12. The highest BCUT2D eigenvalue weighted by atomic mass is 19.1. The van der Waals surface area contributed by atoms with Crippen LogP contribution in [0.15, 0.2) is 18.2 Å². The van der Waals surface area contributed by atoms with Crippen molar-refractivity contribution in [1.29, 1.82) is 5.26 Å². The Kier molecular flexibility index (Phi) is 4.61. The number of hydrogen-bond acceptors (Lipinski definition) is 3. The largest absolute Gasteiger partial charge is 0.337 e. The maximum Gasteiger partial charge on any atom is 0.236 e. The highest BCUT2D eigenvalue weighted by molar-refractivity contribution is 5.77. The van der Waals surface area contributed by atoms with Crippen LogP contribution in [-0.4, -0.2) is 23.9 Å². The lowest BCUT2D eigenvalue weighted by Gasteiger charge is -2.20. The van der Waals surface area contributed by atoms with Gasteiger partial charge in [0.25, 0.3) is 0 Å². The Labute approximate surface area is 99.4 Å². The molecule has 4 nitrogen and oxygen atoms in total. The van der Waals surface area contributed by atoms with E-state index in [-0.39, 0.29) is 24.6 Å². The number of carbonyl (C=O) groups is 1. The zero-order chi connectivity index (χ0) is 12.8. The molecule has 0 radical (unpaired) electrons. The van der Waals surface area contributed by atoms with Crippen molar-refractivity contribution < 1.29 is 9.18 Å². The third-order valence-corrected chi connectivity index (χ3v) is 2.45. The van der Waals surface area contributed by atoms with Crippen LogP contribution in [0.5, 0.6) is 0 Å². The van der Waals surface area contributed by atoms with E-state index in [1.54, 1.807) is 6.92 Å². The van der Waals surface area contributed by atoms with Crippen LogP contribution in [0.3, 0.4) is 0 Å². The number of rotatable bonds is 4. The Balaban J connectivity index is 2.87. The molecular weight excluding hydrogens is 221 g/mol. The van der Waals surface area contributed by atoms with Gasteiger partial charge in [-0.15, -0.1) is 0 Å². The summed E-state index contributed by atoms with van der Waals surface area (Å²) in [6.07, 6.45) is 0. The van der Waals surface area contributed by atoms with Gasteiger partial charge in [0.05, 0.1) is 18.2 Å². The number of carbonyl (C=O) groups excluding carboxylic acids is 1. The number of hydrogen-bond donors (Lipinski definition) is 1. The molecule has 0 aliphatic carbocycles. The standard InChI is InChI=1S/C12H14FN3O/c1-2-16(12(17)7-15)8-10-4-3-9(6-14)5-11(10)13/h3-5H,2,7-8,15H2,1H3. The summed E-state index contributed by atoms with van der Waals surface area (Å²) in [5.74, 6) is -0.705. The highest BCUT2D eigenvalue weighted by Crippen LogP contribution is 2.12. The molecule has 0 heterocycles. The van der Waals surface area contributed by atoms with E-state index in [9.17, 15) is 9.18 Å². The van der Waals surface area contributed by atoms with Crippen molar-refractivity contribution in [2.24, 2.45) is 5.73 Å². The monoisotopic (exact) mass is 235 g/mol. The smallest absolute Gasteiger partial charge is 0.236 e. The van der Waals surface area contributed by atoms with Crippen molar-refractivity contribution in [3.05, 3.63) is 35.1 Å². The van der Waals surface area contributed by atoms with Gasteiger partial charge in [-0.05, 0) is 19.1 Å². The molecule has 17 heavy (non-hydrogen) atoms. The van der Waals surface area contributed by atoms with Crippen molar-refractivity contribution in [1.82, 2.24) is 4.90 Å². The van der Waals surface area contributed by atoms with E-state index in [0.29, 0.717) is 12.1 Å². The summed E-state index contributed by atoms with van der Waals surface area (Å²) in [5.41, 5.74) is 5.90. The summed E-state index contributed by atoms with van der Waals surface area (Å²) in [7, 11) is 0. The Hall–Kier alpha value is -1.93. The normalized spacial score (nSPS) is 9.76. The van der Waals surface area contributed by atoms with E-state index >= 15 is 0 Å². The van der Waals surface area contributed by atoms with Crippen LogP contribution in [0, 0.1) is 17.1 Å². The number of nitrogens with zero attached hydrogens (tertiary/aromatic N) is 2. The molecule has 0 saturated carbocycles. The zero-order valence-electron chi connectivity index (χ0n) is 9.61. The number of nitrogens with two attached hydrogens (primary N) is 1. The third-order valence-electron chi connectivity index (χ3n) is 2.45. The lowest BCUT2D eigenvalue weighted by Crippen LogP contribution is -2.35. The first-order valence-electron chi connectivity index (χ1n) is 5.28. The molecule has 5 heteroatoms. The maximum atomic E-state index is 13.6. The van der Waals surface area contributed by atoms with Crippen molar-refractivity contribution in [3.63, 3.8) is 0 Å². The molecule has 0 spiro atoms. The number of amides is 1. The second-order valence-electron chi connectivity index (χ2n) is 3.53. The van der Waals surface area contributed by atoms with Gasteiger partial charge in [0.1, 0.15) is 5.82 Å². The summed E-state index contributed by atoms with van der Waals surface area (Å²) in [5, 5.41) is 8.61. The molecule has 0 fully saturated rings. The summed E-state index contributed by atoms with van der Waals surface area (Å²) < 4.78 is 13.6. The zero-order valence-corrected chi connectivity index (χ0v) is 9.61. The lowest BCUT2D eigenvalue weighted by atomic mass is 10.1. The van der Waals surface area contributed by atoms with Gasteiger partial charge in [-0.25, -0.2) is 4.39 Å². The SMILES string of the molecule is CCN(Cc1ccc(C#N)cc1F)C(=O)CN. The Morgan fingerprint density at radius 2 is 2.29 bits per heavy atom. The van der Waals surface area contributed by atoms with E-state index < -0.39 is 5.82 Å². The first kappa shape index (κ1) is 13.1. The van der Waals surface area contributed by atoms with Gasteiger partial charge < -0.3 is 10.6 Å². The summed E-state index contributed by atoms with van der Waals surface area (Å²) in [4.78, 5) is 12.9. The third kappa shape index (κ3) is 3.26. The lowest BCUT2D eigenvalue weighted by molar-refractivity contribution is -0.130. The molecule has 0 aliphatic heterocycles. The minimum atomic E-state index is -0.479. The summed E-state index contributed by atoms with van der Waals surface area (Å²) in [6.45, 7) is 2.35. The molecule has 0 saturated heterocycles. The van der Waals surface area contributed by atoms with Crippen molar-refractivity contribution >= 4 is 5.91 Å². The molecule has 2 N–H and O–H groups in total. The fourth-order valence-corrected chi connectivity index (χ4v) is 1.46. The highest BCUT2D eigenvalue weighted by Gasteiger charge is 2.12. The predicted molar refractivity (Wildman–Crippen MR) is 61.3 cm³/mol. The van der Waals surface area contributed by atoms with Gasteiger partial charge in [-0.1, -0.05) is 6.07 Å². The topological polar surface area (TPSA) is 70.1 Å². The van der Waals surface area contributed by atoms with Crippen LogP contribution in [0.25, 0.3) is 0 Å². The van der Waals surface area contributed by atoms with E-state index in [2.05, 4.69) is 0 Å².